The smallest absolute Gasteiger partial charge is 0.160 e. The highest BCUT2D eigenvalue weighted by molar-refractivity contribution is 6.00. The van der Waals surface area contributed by atoms with Gasteiger partial charge in [-0.3, -0.25) is 0 Å². The second kappa shape index (κ2) is 14.1. The molecule has 1 heterocycles. The normalized spacial score (nSPS) is 12.7. The van der Waals surface area contributed by atoms with Crippen LogP contribution in [0.15, 0.2) is 231 Å². The molecular formula is C59H38N2. The van der Waals surface area contributed by atoms with Gasteiger partial charge in [0.2, 0.25) is 0 Å². The van der Waals surface area contributed by atoms with Crippen LogP contribution in [-0.4, -0.2) is 9.97 Å². The number of benzene rings is 9. The number of nitrogens with zero attached hydrogens (tertiary/aromatic N) is 2. The van der Waals surface area contributed by atoms with Gasteiger partial charge in [-0.05, 0) is 90.0 Å². The molecule has 10 aromatic rings. The van der Waals surface area contributed by atoms with Crippen molar-refractivity contribution in [3.05, 3.63) is 253 Å². The molecule has 0 unspecified atom stereocenters. The van der Waals surface area contributed by atoms with Gasteiger partial charge in [-0.25, -0.2) is 9.97 Å². The van der Waals surface area contributed by atoms with E-state index in [9.17, 15) is 0 Å². The molecule has 1 aromatic heterocycles. The van der Waals surface area contributed by atoms with Gasteiger partial charge in [-0.15, -0.1) is 0 Å². The Hall–Kier alpha value is -7.94. The summed E-state index contributed by atoms with van der Waals surface area (Å²) in [4.78, 5) is 10.3. The Balaban J connectivity index is 0.925. The van der Waals surface area contributed by atoms with Crippen molar-refractivity contribution < 1.29 is 0 Å². The minimum absolute atomic E-state index is 0.360. The van der Waals surface area contributed by atoms with Gasteiger partial charge in [0.1, 0.15) is 0 Å². The summed E-state index contributed by atoms with van der Waals surface area (Å²) in [6.45, 7) is 0. The molecule has 2 aliphatic rings. The Morgan fingerprint density at radius 1 is 0.246 bits per heavy atom. The number of hydrogen-bond donors (Lipinski definition) is 0. The molecule has 0 amide bonds. The molecule has 1 spiro atoms. The topological polar surface area (TPSA) is 25.8 Å². The number of rotatable bonds is 6. The monoisotopic (exact) mass is 774 g/mol. The Bertz CT molecular complexity index is 3230. The van der Waals surface area contributed by atoms with Crippen LogP contribution in [0.4, 0.5) is 0 Å². The molecule has 0 N–H and O–H groups in total. The quantitative estimate of drug-likeness (QED) is 0.168. The SMILES string of the molecule is c1ccc(-c2ccc(-c3cc(-c4ccccc4)nc(-c4cccc(-c5ccc(-c6cccc7c6-c6ccccc6C76c7ccccc7-c7ccccc76)cc5)c4)n3)cc2)cc1. The van der Waals surface area contributed by atoms with E-state index in [-0.39, 0.29) is 5.41 Å². The molecule has 0 bridgehead atoms. The summed E-state index contributed by atoms with van der Waals surface area (Å²) in [6, 6.07) is 83.3. The minimum Gasteiger partial charge on any atom is -0.228 e. The highest BCUT2D eigenvalue weighted by atomic mass is 14.9. The largest absolute Gasteiger partial charge is 0.228 e. The van der Waals surface area contributed by atoms with Gasteiger partial charge in [0.05, 0.1) is 16.8 Å². The third-order valence-electron chi connectivity index (χ3n) is 12.8. The molecular weight excluding hydrogens is 737 g/mol. The summed E-state index contributed by atoms with van der Waals surface area (Å²) in [6.07, 6.45) is 0. The van der Waals surface area contributed by atoms with Crippen LogP contribution in [0.3, 0.4) is 0 Å². The van der Waals surface area contributed by atoms with Gasteiger partial charge >= 0.3 is 0 Å². The van der Waals surface area contributed by atoms with E-state index in [1.165, 1.54) is 66.8 Å². The zero-order valence-corrected chi connectivity index (χ0v) is 33.3. The molecule has 2 heteroatoms. The Labute approximate surface area is 356 Å². The number of aromatic nitrogens is 2. The highest BCUT2D eigenvalue weighted by Crippen LogP contribution is 2.63. The van der Waals surface area contributed by atoms with E-state index in [2.05, 4.69) is 218 Å². The lowest BCUT2D eigenvalue weighted by Gasteiger charge is -2.30. The fraction of sp³-hybridized carbons (Fsp3) is 0.0169. The fourth-order valence-electron chi connectivity index (χ4n) is 10.0. The van der Waals surface area contributed by atoms with Crippen LogP contribution in [0.5, 0.6) is 0 Å². The standard InChI is InChI=1S/C59H38N2/c1-3-15-39(16-4-1)40-31-35-44(36-32-40)56-38-55(43-17-5-2-6-18-43)60-58(61-56)46-20-13-19-45(37-46)41-29-33-42(34-30-41)47-24-14-28-54-57(47)50-23-9-12-27-53(50)59(54)51-25-10-7-21-48(51)49-22-8-11-26-52(49)59/h1-38H. The second-order valence-corrected chi connectivity index (χ2v) is 16.0. The van der Waals surface area contributed by atoms with Crippen molar-refractivity contribution in [1.82, 2.24) is 9.97 Å². The number of hydrogen-bond acceptors (Lipinski definition) is 2. The van der Waals surface area contributed by atoms with E-state index >= 15 is 0 Å². The fourth-order valence-corrected chi connectivity index (χ4v) is 10.0. The third-order valence-corrected chi connectivity index (χ3v) is 12.8. The Morgan fingerprint density at radius 2 is 0.639 bits per heavy atom. The first-order chi connectivity index (χ1) is 30.2. The molecule has 0 atom stereocenters. The van der Waals surface area contributed by atoms with Crippen LogP contribution in [-0.2, 0) is 5.41 Å². The number of fused-ring (bicyclic) bond motifs is 10. The van der Waals surface area contributed by atoms with Crippen LogP contribution in [0.1, 0.15) is 22.3 Å². The Kier molecular flexibility index (Phi) is 8.11. The molecule has 0 saturated carbocycles. The third kappa shape index (κ3) is 5.57. The zero-order valence-electron chi connectivity index (χ0n) is 33.3. The van der Waals surface area contributed by atoms with E-state index in [1.54, 1.807) is 0 Å². The van der Waals surface area contributed by atoms with Crippen LogP contribution < -0.4 is 0 Å². The highest BCUT2D eigenvalue weighted by Gasteiger charge is 2.51. The summed E-state index contributed by atoms with van der Waals surface area (Å²) in [5.74, 6) is 0.699. The summed E-state index contributed by atoms with van der Waals surface area (Å²) >= 11 is 0. The average molecular weight is 775 g/mol. The maximum atomic E-state index is 5.19. The molecule has 0 fully saturated rings. The van der Waals surface area contributed by atoms with E-state index in [1.807, 2.05) is 12.1 Å². The van der Waals surface area contributed by atoms with E-state index < -0.39 is 0 Å². The van der Waals surface area contributed by atoms with Crippen molar-refractivity contribution in [1.29, 1.82) is 0 Å². The lowest BCUT2D eigenvalue weighted by atomic mass is 9.70. The molecule has 12 rings (SSSR count). The van der Waals surface area contributed by atoms with Gasteiger partial charge in [-0.1, -0.05) is 218 Å². The van der Waals surface area contributed by atoms with Crippen LogP contribution in [0.2, 0.25) is 0 Å². The Morgan fingerprint density at radius 3 is 1.28 bits per heavy atom. The van der Waals surface area contributed by atoms with Gasteiger partial charge in [-0.2, -0.15) is 0 Å². The summed E-state index contributed by atoms with van der Waals surface area (Å²) in [7, 11) is 0. The summed E-state index contributed by atoms with van der Waals surface area (Å²) in [5, 5.41) is 0. The maximum absolute atomic E-state index is 5.19. The van der Waals surface area contributed by atoms with Crippen LogP contribution in [0, 0.1) is 0 Å². The second-order valence-electron chi connectivity index (χ2n) is 16.0. The first-order valence-corrected chi connectivity index (χ1v) is 21.0. The summed E-state index contributed by atoms with van der Waals surface area (Å²) < 4.78 is 0. The van der Waals surface area contributed by atoms with Crippen molar-refractivity contribution in [3.63, 3.8) is 0 Å². The minimum atomic E-state index is -0.360. The molecule has 0 saturated heterocycles. The molecule has 2 aliphatic carbocycles. The lowest BCUT2D eigenvalue weighted by molar-refractivity contribution is 0.794. The van der Waals surface area contributed by atoms with Gasteiger partial charge in [0.25, 0.3) is 0 Å². The van der Waals surface area contributed by atoms with Crippen molar-refractivity contribution in [2.75, 3.05) is 0 Å². The van der Waals surface area contributed by atoms with Gasteiger partial charge < -0.3 is 0 Å². The zero-order chi connectivity index (χ0) is 40.3. The predicted octanol–water partition coefficient (Wildman–Crippen LogP) is 14.8. The lowest BCUT2D eigenvalue weighted by Crippen LogP contribution is -2.25. The van der Waals surface area contributed by atoms with E-state index in [0.717, 1.165) is 39.2 Å². The van der Waals surface area contributed by atoms with Gasteiger partial charge in [0, 0.05) is 16.7 Å². The van der Waals surface area contributed by atoms with Crippen LogP contribution in [0.25, 0.3) is 89.5 Å². The van der Waals surface area contributed by atoms with Gasteiger partial charge in [0.15, 0.2) is 5.82 Å². The van der Waals surface area contributed by atoms with Crippen molar-refractivity contribution in [2.45, 2.75) is 5.41 Å². The molecule has 9 aromatic carbocycles. The van der Waals surface area contributed by atoms with E-state index in [0.29, 0.717) is 5.82 Å². The van der Waals surface area contributed by atoms with Crippen LogP contribution >= 0.6 is 0 Å². The summed E-state index contributed by atoms with van der Waals surface area (Å²) in [5.41, 5.74) is 22.3. The molecule has 0 radical (unpaired) electrons. The maximum Gasteiger partial charge on any atom is 0.160 e. The molecule has 61 heavy (non-hydrogen) atoms. The molecule has 2 nitrogen and oxygen atoms in total. The van der Waals surface area contributed by atoms with Crippen molar-refractivity contribution >= 4 is 0 Å². The van der Waals surface area contributed by atoms with Crippen molar-refractivity contribution in [2.24, 2.45) is 0 Å². The van der Waals surface area contributed by atoms with Crippen molar-refractivity contribution in [3.8, 4) is 89.5 Å². The average Bonchev–Trinajstić information content (AvgIpc) is 3.82. The first kappa shape index (κ1) is 35.0. The predicted molar refractivity (Wildman–Crippen MR) is 251 cm³/mol. The molecule has 284 valence electrons. The molecule has 0 aliphatic heterocycles. The van der Waals surface area contributed by atoms with E-state index in [4.69, 9.17) is 9.97 Å². The first-order valence-electron chi connectivity index (χ1n) is 21.0.